The molecule has 0 spiro atoms. The highest BCUT2D eigenvalue weighted by Gasteiger charge is 2.23. The van der Waals surface area contributed by atoms with Crippen LogP contribution < -0.4 is 14.2 Å². The van der Waals surface area contributed by atoms with E-state index in [4.69, 9.17) is 36.5 Å². The summed E-state index contributed by atoms with van der Waals surface area (Å²) in [6.45, 7) is 0. The molecule has 0 atom stereocenters. The number of hydrogen-bond acceptors (Lipinski definition) is 5. The molecule has 0 bridgehead atoms. The van der Waals surface area contributed by atoms with Gasteiger partial charge in [-0.2, -0.15) is 0 Å². The number of halogens is 2. The van der Waals surface area contributed by atoms with Gasteiger partial charge in [0.05, 0.1) is 37.7 Å². The van der Waals surface area contributed by atoms with E-state index in [2.05, 4.69) is 0 Å². The van der Waals surface area contributed by atoms with Crippen molar-refractivity contribution in [1.82, 2.24) is 0 Å². The maximum atomic E-state index is 11.2. The third-order valence-corrected chi connectivity index (χ3v) is 3.43. The Balaban J connectivity index is 3.55. The van der Waals surface area contributed by atoms with Crippen LogP contribution in [0.4, 0.5) is 0 Å². The zero-order chi connectivity index (χ0) is 13.9. The molecule has 8 heteroatoms. The Morgan fingerprint density at radius 2 is 1.67 bits per heavy atom. The number of rotatable bonds is 5. The summed E-state index contributed by atoms with van der Waals surface area (Å²) in [7, 11) is 5.64. The maximum Gasteiger partial charge on any atom is 0.237 e. The second-order valence-corrected chi connectivity index (χ2v) is 6.47. The second kappa shape index (κ2) is 5.86. The standard InChI is InChI=1S/C10H12Cl2O5S/c1-15-8-4-7(11)9(16-2)6(10(8)17-3)5-18(12,13)14/h4H,5H2,1-3H3. The molecular formula is C10H12Cl2O5S. The highest BCUT2D eigenvalue weighted by atomic mass is 35.7. The van der Waals surface area contributed by atoms with E-state index in [0.29, 0.717) is 5.75 Å². The molecule has 0 radical (unpaired) electrons. The lowest BCUT2D eigenvalue weighted by Gasteiger charge is -2.16. The Kier molecular flexibility index (Phi) is 4.95. The van der Waals surface area contributed by atoms with Gasteiger partial charge in [0, 0.05) is 16.7 Å². The van der Waals surface area contributed by atoms with Gasteiger partial charge in [0.2, 0.25) is 9.05 Å². The molecule has 0 heterocycles. The summed E-state index contributed by atoms with van der Waals surface area (Å²) in [6, 6.07) is 1.48. The molecule has 18 heavy (non-hydrogen) atoms. The molecule has 0 unspecified atom stereocenters. The van der Waals surface area contributed by atoms with Crippen LogP contribution in [0.3, 0.4) is 0 Å². The first-order valence-corrected chi connectivity index (χ1v) is 7.59. The first kappa shape index (κ1) is 15.2. The monoisotopic (exact) mass is 314 g/mol. The summed E-state index contributed by atoms with van der Waals surface area (Å²) >= 11 is 5.97. The molecule has 5 nitrogen and oxygen atoms in total. The zero-order valence-corrected chi connectivity index (χ0v) is 12.3. The van der Waals surface area contributed by atoms with Gasteiger partial charge in [0.1, 0.15) is 5.75 Å². The molecular weight excluding hydrogens is 303 g/mol. The Labute approximate surface area is 115 Å². The van der Waals surface area contributed by atoms with E-state index in [0.717, 1.165) is 0 Å². The summed E-state index contributed by atoms with van der Waals surface area (Å²) in [4.78, 5) is 0. The molecule has 0 fully saturated rings. The van der Waals surface area contributed by atoms with Gasteiger partial charge in [-0.25, -0.2) is 8.42 Å². The summed E-state index contributed by atoms with van der Waals surface area (Å²) in [5.74, 6) is 0.248. The van der Waals surface area contributed by atoms with Crippen molar-refractivity contribution >= 4 is 31.3 Å². The molecule has 102 valence electrons. The Morgan fingerprint density at radius 3 is 2.06 bits per heavy atom. The predicted octanol–water partition coefficient (Wildman–Crippen LogP) is 2.43. The summed E-state index contributed by atoms with van der Waals surface area (Å²) in [5, 5.41) is 0.213. The minimum absolute atomic E-state index is 0.193. The molecule has 0 amide bonds. The average molecular weight is 315 g/mol. The van der Waals surface area contributed by atoms with Crippen LogP contribution >= 0.6 is 22.3 Å². The van der Waals surface area contributed by atoms with Gasteiger partial charge in [-0.3, -0.25) is 0 Å². The SMILES string of the molecule is COc1cc(Cl)c(OC)c(CS(=O)(=O)Cl)c1OC. The molecule has 0 aliphatic carbocycles. The van der Waals surface area contributed by atoms with Crippen LogP contribution in [0, 0.1) is 0 Å². The Bertz CT molecular complexity index is 542. The van der Waals surface area contributed by atoms with Gasteiger partial charge >= 0.3 is 0 Å². The molecule has 0 aliphatic rings. The van der Waals surface area contributed by atoms with Crippen molar-refractivity contribution in [1.29, 1.82) is 0 Å². The lowest BCUT2D eigenvalue weighted by molar-refractivity contribution is 0.345. The minimum Gasteiger partial charge on any atom is -0.495 e. The third kappa shape index (κ3) is 3.34. The van der Waals surface area contributed by atoms with E-state index in [1.807, 2.05) is 0 Å². The van der Waals surface area contributed by atoms with Gasteiger partial charge in [-0.05, 0) is 0 Å². The lowest BCUT2D eigenvalue weighted by atomic mass is 10.2. The number of ether oxygens (including phenoxy) is 3. The quantitative estimate of drug-likeness (QED) is 0.781. The summed E-state index contributed by atoms with van der Waals surface area (Å²) < 4.78 is 37.7. The average Bonchev–Trinajstić information content (AvgIpc) is 2.26. The number of hydrogen-bond donors (Lipinski definition) is 0. The van der Waals surface area contributed by atoms with Crippen LogP contribution in [0.25, 0.3) is 0 Å². The van der Waals surface area contributed by atoms with E-state index in [-0.39, 0.29) is 22.1 Å². The van der Waals surface area contributed by atoms with Crippen molar-refractivity contribution in [2.75, 3.05) is 21.3 Å². The molecule has 1 rings (SSSR count). The van der Waals surface area contributed by atoms with Gasteiger partial charge in [0.25, 0.3) is 0 Å². The molecule has 0 aromatic heterocycles. The molecule has 0 aliphatic heterocycles. The topological polar surface area (TPSA) is 61.8 Å². The maximum absolute atomic E-state index is 11.2. The van der Waals surface area contributed by atoms with Crippen molar-refractivity contribution in [3.8, 4) is 17.2 Å². The highest BCUT2D eigenvalue weighted by Crippen LogP contribution is 2.43. The number of methoxy groups -OCH3 is 3. The van der Waals surface area contributed by atoms with Crippen LogP contribution in [-0.2, 0) is 14.8 Å². The van der Waals surface area contributed by atoms with E-state index in [1.54, 1.807) is 0 Å². The molecule has 1 aromatic carbocycles. The van der Waals surface area contributed by atoms with Crippen molar-refractivity contribution < 1.29 is 22.6 Å². The predicted molar refractivity (Wildman–Crippen MR) is 69.6 cm³/mol. The van der Waals surface area contributed by atoms with Crippen LogP contribution in [0.15, 0.2) is 6.07 Å². The third-order valence-electron chi connectivity index (χ3n) is 2.19. The largest absolute Gasteiger partial charge is 0.495 e. The highest BCUT2D eigenvalue weighted by molar-refractivity contribution is 8.13. The molecule has 0 saturated heterocycles. The lowest BCUT2D eigenvalue weighted by Crippen LogP contribution is -2.04. The summed E-state index contributed by atoms with van der Waals surface area (Å²) in [6.07, 6.45) is 0. The van der Waals surface area contributed by atoms with E-state index < -0.39 is 14.8 Å². The van der Waals surface area contributed by atoms with Crippen LogP contribution in [0.1, 0.15) is 5.56 Å². The number of benzene rings is 1. The van der Waals surface area contributed by atoms with Crippen molar-refractivity contribution in [3.63, 3.8) is 0 Å². The Hall–Kier alpha value is -0.850. The summed E-state index contributed by atoms with van der Waals surface area (Å²) in [5.41, 5.74) is 0.222. The second-order valence-electron chi connectivity index (χ2n) is 3.29. The van der Waals surface area contributed by atoms with Gasteiger partial charge in [0.15, 0.2) is 11.5 Å². The normalized spacial score (nSPS) is 11.2. The van der Waals surface area contributed by atoms with E-state index in [1.165, 1.54) is 27.4 Å². The van der Waals surface area contributed by atoms with Crippen LogP contribution in [0.2, 0.25) is 5.02 Å². The zero-order valence-electron chi connectivity index (χ0n) is 9.99. The van der Waals surface area contributed by atoms with Gasteiger partial charge < -0.3 is 14.2 Å². The molecule has 1 aromatic rings. The van der Waals surface area contributed by atoms with Crippen molar-refractivity contribution in [2.24, 2.45) is 0 Å². The van der Waals surface area contributed by atoms with Crippen molar-refractivity contribution in [2.45, 2.75) is 5.75 Å². The molecule has 0 saturated carbocycles. The van der Waals surface area contributed by atoms with Gasteiger partial charge in [-0.1, -0.05) is 11.6 Å². The van der Waals surface area contributed by atoms with Crippen LogP contribution in [0.5, 0.6) is 17.2 Å². The molecule has 0 N–H and O–H groups in total. The fourth-order valence-corrected chi connectivity index (χ4v) is 2.77. The minimum atomic E-state index is -3.79. The van der Waals surface area contributed by atoms with E-state index in [9.17, 15) is 8.42 Å². The first-order chi connectivity index (χ1) is 8.34. The fraction of sp³-hybridized carbons (Fsp3) is 0.400. The smallest absolute Gasteiger partial charge is 0.237 e. The first-order valence-electron chi connectivity index (χ1n) is 4.73. The Morgan fingerprint density at radius 1 is 1.11 bits per heavy atom. The van der Waals surface area contributed by atoms with Gasteiger partial charge in [-0.15, -0.1) is 0 Å². The van der Waals surface area contributed by atoms with Crippen LogP contribution in [-0.4, -0.2) is 29.7 Å². The van der Waals surface area contributed by atoms with E-state index >= 15 is 0 Å². The fourth-order valence-electron chi connectivity index (χ4n) is 1.54. The van der Waals surface area contributed by atoms with Crippen molar-refractivity contribution in [3.05, 3.63) is 16.7 Å².